The first kappa shape index (κ1) is 31.0. The fraction of sp³-hybridized carbons (Fsp3) is 0.250. The molecule has 0 amide bonds. The van der Waals surface area contributed by atoms with Gasteiger partial charge in [0.2, 0.25) is 6.79 Å². The Morgan fingerprint density at radius 1 is 1.02 bits per heavy atom. The normalized spacial score (nSPS) is 12.3. The third-order valence-electron chi connectivity index (χ3n) is 7.67. The second-order valence-corrected chi connectivity index (χ2v) is 11.5. The van der Waals surface area contributed by atoms with Crippen LogP contribution < -0.4 is 29.2 Å². The minimum atomic E-state index is -0.294. The number of rotatable bonds is 10. The van der Waals surface area contributed by atoms with E-state index in [-0.39, 0.29) is 24.9 Å². The van der Waals surface area contributed by atoms with Crippen molar-refractivity contribution in [1.29, 1.82) is 0 Å². The van der Waals surface area contributed by atoms with Crippen molar-refractivity contribution < 1.29 is 23.7 Å². The van der Waals surface area contributed by atoms with Gasteiger partial charge in [0.25, 0.3) is 5.56 Å². The summed E-state index contributed by atoms with van der Waals surface area (Å²) >= 11 is 6.74. The van der Waals surface area contributed by atoms with E-state index in [0.29, 0.717) is 56.9 Å². The molecule has 1 aliphatic rings. The molecule has 0 saturated heterocycles. The number of aryl methyl sites for hydroxylation is 1. The molecule has 0 N–H and O–H groups in total. The van der Waals surface area contributed by atoms with E-state index in [0.717, 1.165) is 28.0 Å². The molecule has 0 aliphatic carbocycles. The number of nitrogens with zero attached hydrogens (tertiary/aromatic N) is 3. The van der Waals surface area contributed by atoms with Crippen LogP contribution in [0.4, 0.5) is 0 Å². The van der Waals surface area contributed by atoms with Crippen molar-refractivity contribution in [3.05, 3.63) is 104 Å². The van der Waals surface area contributed by atoms with Crippen molar-refractivity contribution >= 4 is 28.7 Å². The fourth-order valence-electron chi connectivity index (χ4n) is 5.35. The average Bonchev–Trinajstić information content (AvgIpc) is 3.52. The summed E-state index contributed by atoms with van der Waals surface area (Å²) in [6.45, 7) is 8.87. The average molecular weight is 640 g/mol. The van der Waals surface area contributed by atoms with Gasteiger partial charge in [-0.1, -0.05) is 43.6 Å². The summed E-state index contributed by atoms with van der Waals surface area (Å²) in [6, 6.07) is 20.4. The third kappa shape index (κ3) is 6.10. The molecular formula is C36H34ClN3O6. The lowest BCUT2D eigenvalue weighted by molar-refractivity contribution is 0.174. The molecule has 2 heterocycles. The number of hydrogen-bond donors (Lipinski definition) is 0. The highest BCUT2D eigenvalue weighted by atomic mass is 35.5. The van der Waals surface area contributed by atoms with Gasteiger partial charge in [0.05, 0.1) is 35.9 Å². The van der Waals surface area contributed by atoms with E-state index in [1.54, 1.807) is 31.5 Å². The summed E-state index contributed by atoms with van der Waals surface area (Å²) in [7, 11) is 1.66. The zero-order chi connectivity index (χ0) is 32.4. The standard InChI is InChI=1S/C36H34ClN3O6/c1-6-43-33-16-24(14-28(37)34(33)44-19-23-11-12-30-32(15-23)46-20-45-30)18-38-40-35(39-29-10-8-7-9-25(29)36(40)41)27-17-26(21(2)3)31(42-5)13-22(27)4/h7-18,21H,6,19-20H2,1-5H3. The maximum atomic E-state index is 13.9. The topological polar surface area (TPSA) is 93.4 Å². The third-order valence-corrected chi connectivity index (χ3v) is 7.95. The van der Waals surface area contributed by atoms with Gasteiger partial charge in [-0.15, -0.1) is 0 Å². The summed E-state index contributed by atoms with van der Waals surface area (Å²) in [5.74, 6) is 3.62. The Morgan fingerprint density at radius 2 is 1.83 bits per heavy atom. The zero-order valence-corrected chi connectivity index (χ0v) is 27.1. The second kappa shape index (κ2) is 13.1. The van der Waals surface area contributed by atoms with Gasteiger partial charge >= 0.3 is 0 Å². The molecule has 1 aromatic heterocycles. The fourth-order valence-corrected chi connectivity index (χ4v) is 5.62. The van der Waals surface area contributed by atoms with Crippen molar-refractivity contribution in [2.75, 3.05) is 20.5 Å². The number of halogens is 1. The summed E-state index contributed by atoms with van der Waals surface area (Å²) in [4.78, 5) is 18.8. The van der Waals surface area contributed by atoms with Gasteiger partial charge in [0.15, 0.2) is 28.8 Å². The van der Waals surface area contributed by atoms with Crippen LogP contribution in [0.25, 0.3) is 22.3 Å². The largest absolute Gasteiger partial charge is 0.496 e. The molecule has 236 valence electrons. The predicted octanol–water partition coefficient (Wildman–Crippen LogP) is 7.75. The number of para-hydroxylation sites is 1. The molecule has 10 heteroatoms. The van der Waals surface area contributed by atoms with Crippen LogP contribution in [0, 0.1) is 6.92 Å². The van der Waals surface area contributed by atoms with Crippen LogP contribution in [0.5, 0.6) is 28.7 Å². The number of fused-ring (bicyclic) bond motifs is 2. The highest BCUT2D eigenvalue weighted by molar-refractivity contribution is 6.32. The molecule has 0 unspecified atom stereocenters. The molecule has 0 fully saturated rings. The Kier molecular flexibility index (Phi) is 8.85. The molecule has 0 saturated carbocycles. The molecule has 0 spiro atoms. The van der Waals surface area contributed by atoms with Crippen molar-refractivity contribution in [2.24, 2.45) is 5.10 Å². The lowest BCUT2D eigenvalue weighted by Gasteiger charge is -2.17. The molecule has 1 aliphatic heterocycles. The van der Waals surface area contributed by atoms with Gasteiger partial charge in [-0.05, 0) is 90.6 Å². The van der Waals surface area contributed by atoms with Crippen LogP contribution >= 0.6 is 11.6 Å². The Balaban J connectivity index is 1.39. The summed E-state index contributed by atoms with van der Waals surface area (Å²) in [5, 5.41) is 5.46. The Hall–Kier alpha value is -5.02. The molecule has 46 heavy (non-hydrogen) atoms. The first-order valence-electron chi connectivity index (χ1n) is 15.0. The Bertz CT molecular complexity index is 2020. The second-order valence-electron chi connectivity index (χ2n) is 11.1. The van der Waals surface area contributed by atoms with Crippen molar-refractivity contribution in [3.8, 4) is 40.1 Å². The predicted molar refractivity (Wildman–Crippen MR) is 179 cm³/mol. The van der Waals surface area contributed by atoms with Crippen molar-refractivity contribution in [3.63, 3.8) is 0 Å². The Labute approximate surface area is 271 Å². The van der Waals surface area contributed by atoms with E-state index in [4.69, 9.17) is 40.3 Å². The van der Waals surface area contributed by atoms with Gasteiger partial charge in [-0.3, -0.25) is 4.79 Å². The van der Waals surface area contributed by atoms with Gasteiger partial charge in [0, 0.05) is 5.56 Å². The summed E-state index contributed by atoms with van der Waals surface area (Å²) in [6.07, 6.45) is 1.57. The van der Waals surface area contributed by atoms with Crippen molar-refractivity contribution in [2.45, 2.75) is 40.2 Å². The van der Waals surface area contributed by atoms with E-state index >= 15 is 0 Å². The van der Waals surface area contributed by atoms with Crippen LogP contribution in [0.3, 0.4) is 0 Å². The molecule has 0 radical (unpaired) electrons. The SMILES string of the molecule is CCOc1cc(C=Nn2c(-c3cc(C(C)C)c(OC)cc3C)nc3ccccc3c2=O)cc(Cl)c1OCc1ccc2c(c1)OCO2. The van der Waals surface area contributed by atoms with E-state index in [9.17, 15) is 4.79 Å². The van der Waals surface area contributed by atoms with Crippen molar-refractivity contribution in [1.82, 2.24) is 9.66 Å². The van der Waals surface area contributed by atoms with Gasteiger partial charge in [-0.25, -0.2) is 4.98 Å². The molecule has 5 aromatic rings. The van der Waals surface area contributed by atoms with Gasteiger partial charge < -0.3 is 23.7 Å². The van der Waals surface area contributed by atoms with E-state index in [1.807, 2.05) is 62.4 Å². The first-order valence-corrected chi connectivity index (χ1v) is 15.4. The summed E-state index contributed by atoms with van der Waals surface area (Å²) in [5.41, 5.74) is 4.48. The van der Waals surface area contributed by atoms with Crippen LogP contribution in [0.1, 0.15) is 48.9 Å². The molecule has 0 atom stereocenters. The van der Waals surface area contributed by atoms with Crippen LogP contribution in [-0.4, -0.2) is 36.4 Å². The summed E-state index contributed by atoms with van der Waals surface area (Å²) < 4.78 is 29.9. The lowest BCUT2D eigenvalue weighted by atomic mass is 9.96. The number of hydrogen-bond acceptors (Lipinski definition) is 8. The molecule has 0 bridgehead atoms. The molecule has 4 aromatic carbocycles. The highest BCUT2D eigenvalue weighted by Gasteiger charge is 2.19. The van der Waals surface area contributed by atoms with Gasteiger partial charge in [-0.2, -0.15) is 9.78 Å². The molecule has 6 rings (SSSR count). The maximum Gasteiger partial charge on any atom is 0.282 e. The quantitative estimate of drug-likeness (QED) is 0.144. The minimum absolute atomic E-state index is 0.184. The number of aromatic nitrogens is 2. The first-order chi connectivity index (χ1) is 22.3. The van der Waals surface area contributed by atoms with E-state index in [1.165, 1.54) is 4.68 Å². The van der Waals surface area contributed by atoms with Crippen LogP contribution in [0.15, 0.2) is 76.6 Å². The van der Waals surface area contributed by atoms with Crippen LogP contribution in [0.2, 0.25) is 5.02 Å². The minimum Gasteiger partial charge on any atom is -0.496 e. The number of methoxy groups -OCH3 is 1. The van der Waals surface area contributed by atoms with Gasteiger partial charge in [0.1, 0.15) is 12.4 Å². The molecular weight excluding hydrogens is 606 g/mol. The lowest BCUT2D eigenvalue weighted by Crippen LogP contribution is -2.20. The smallest absolute Gasteiger partial charge is 0.282 e. The van der Waals surface area contributed by atoms with E-state index < -0.39 is 0 Å². The van der Waals surface area contributed by atoms with Crippen LogP contribution in [-0.2, 0) is 6.61 Å². The monoisotopic (exact) mass is 639 g/mol. The number of benzene rings is 4. The highest BCUT2D eigenvalue weighted by Crippen LogP contribution is 2.38. The molecule has 9 nitrogen and oxygen atoms in total. The number of ether oxygens (including phenoxy) is 5. The maximum absolute atomic E-state index is 13.9. The Morgan fingerprint density at radius 3 is 2.61 bits per heavy atom. The zero-order valence-electron chi connectivity index (χ0n) is 26.3. The van der Waals surface area contributed by atoms with E-state index in [2.05, 4.69) is 18.9 Å².